The average Bonchev–Trinajstić information content (AvgIpc) is 2.45. The van der Waals surface area contributed by atoms with Crippen LogP contribution in [0, 0.1) is 21.4 Å². The third-order valence-electron chi connectivity index (χ3n) is 3.31. The predicted molar refractivity (Wildman–Crippen MR) is 73.5 cm³/mol. The topological polar surface area (TPSA) is 90.4 Å². The van der Waals surface area contributed by atoms with Gasteiger partial charge in [-0.25, -0.2) is 0 Å². The first-order valence-electron chi connectivity index (χ1n) is 6.39. The number of rotatable bonds is 3. The molecule has 2 rings (SSSR count). The van der Waals surface area contributed by atoms with Crippen LogP contribution < -0.4 is 0 Å². The molecule has 1 aromatic rings. The highest BCUT2D eigenvalue weighted by Crippen LogP contribution is 2.25. The van der Waals surface area contributed by atoms with Crippen molar-refractivity contribution >= 4 is 11.4 Å². The summed E-state index contributed by atoms with van der Waals surface area (Å²) in [5.74, 6) is 0. The Hall–Kier alpha value is -2.39. The molecule has 1 N–H and O–H groups in total. The summed E-state index contributed by atoms with van der Waals surface area (Å²) in [5.41, 5.74) is 1.45. The Morgan fingerprint density at radius 3 is 2.75 bits per heavy atom. The molecule has 6 nitrogen and oxygen atoms in total. The molecule has 20 heavy (non-hydrogen) atoms. The van der Waals surface area contributed by atoms with E-state index >= 15 is 0 Å². The van der Waals surface area contributed by atoms with Gasteiger partial charge in [-0.15, -0.1) is 0 Å². The summed E-state index contributed by atoms with van der Waals surface area (Å²) in [6, 6.07) is 8.09. The average molecular weight is 273 g/mol. The van der Waals surface area contributed by atoms with Crippen LogP contribution in [-0.4, -0.2) is 34.1 Å². The van der Waals surface area contributed by atoms with Gasteiger partial charge < -0.3 is 10.0 Å². The number of allylic oxidation sites excluding steroid dienone is 1. The normalized spacial score (nSPS) is 19.5. The molecular weight excluding hydrogens is 258 g/mol. The zero-order valence-corrected chi connectivity index (χ0v) is 10.9. The van der Waals surface area contributed by atoms with Crippen molar-refractivity contribution in [2.24, 2.45) is 0 Å². The fourth-order valence-corrected chi connectivity index (χ4v) is 2.35. The number of hydrogen-bond acceptors (Lipinski definition) is 5. The molecule has 0 bridgehead atoms. The molecule has 0 radical (unpaired) electrons. The Labute approximate surface area is 116 Å². The van der Waals surface area contributed by atoms with Gasteiger partial charge in [-0.3, -0.25) is 10.1 Å². The number of hydrogen-bond donors (Lipinski definition) is 1. The third-order valence-corrected chi connectivity index (χ3v) is 3.31. The van der Waals surface area contributed by atoms with E-state index in [1.165, 1.54) is 18.2 Å². The summed E-state index contributed by atoms with van der Waals surface area (Å²) in [6.07, 6.45) is 2.64. The first-order chi connectivity index (χ1) is 9.61. The number of benzene rings is 1. The van der Waals surface area contributed by atoms with Crippen LogP contribution >= 0.6 is 0 Å². The highest BCUT2D eigenvalue weighted by molar-refractivity contribution is 5.67. The Morgan fingerprint density at radius 2 is 2.20 bits per heavy atom. The Kier molecular flexibility index (Phi) is 4.33. The van der Waals surface area contributed by atoms with Gasteiger partial charge in [0.2, 0.25) is 0 Å². The van der Waals surface area contributed by atoms with E-state index in [0.717, 1.165) is 24.9 Å². The number of nitrogens with zero attached hydrogens (tertiary/aromatic N) is 3. The largest absolute Gasteiger partial charge is 0.391 e. The molecule has 1 saturated heterocycles. The second-order valence-electron chi connectivity index (χ2n) is 4.70. The van der Waals surface area contributed by atoms with Crippen molar-refractivity contribution < 1.29 is 10.0 Å². The van der Waals surface area contributed by atoms with E-state index in [2.05, 4.69) is 0 Å². The van der Waals surface area contributed by atoms with Gasteiger partial charge in [-0.1, -0.05) is 0 Å². The van der Waals surface area contributed by atoms with Gasteiger partial charge in [-0.05, 0) is 30.5 Å². The standard InChI is InChI=1S/C14H15N3O3/c15-8-7-14(16-9-1-2-13(18)10-16)11-3-5-12(6-4-11)17(19)20/h3-7,13,18H,1-2,9-10H2/b14-7+. The number of aliphatic hydroxyl groups is 1. The molecule has 0 aliphatic carbocycles. The molecule has 0 aromatic heterocycles. The second-order valence-corrected chi connectivity index (χ2v) is 4.70. The summed E-state index contributed by atoms with van der Waals surface area (Å²) in [6.45, 7) is 1.24. The summed E-state index contributed by atoms with van der Waals surface area (Å²) in [4.78, 5) is 12.1. The van der Waals surface area contributed by atoms with Crippen LogP contribution in [0.25, 0.3) is 5.70 Å². The lowest BCUT2D eigenvalue weighted by molar-refractivity contribution is -0.384. The van der Waals surface area contributed by atoms with E-state index in [-0.39, 0.29) is 5.69 Å². The number of piperidine rings is 1. The minimum Gasteiger partial charge on any atom is -0.391 e. The monoisotopic (exact) mass is 273 g/mol. The fraction of sp³-hybridized carbons (Fsp3) is 0.357. The highest BCUT2D eigenvalue weighted by Gasteiger charge is 2.21. The summed E-state index contributed by atoms with van der Waals surface area (Å²) in [5, 5.41) is 29.3. The second kappa shape index (κ2) is 6.17. The molecule has 6 heteroatoms. The fourth-order valence-electron chi connectivity index (χ4n) is 2.35. The quantitative estimate of drug-likeness (QED) is 0.516. The first kappa shape index (κ1) is 14.0. The maximum atomic E-state index is 10.6. The van der Waals surface area contributed by atoms with Crippen LogP contribution in [0.2, 0.25) is 0 Å². The Morgan fingerprint density at radius 1 is 1.50 bits per heavy atom. The van der Waals surface area contributed by atoms with Crippen molar-refractivity contribution in [2.45, 2.75) is 18.9 Å². The lowest BCUT2D eigenvalue weighted by Crippen LogP contribution is -2.37. The van der Waals surface area contributed by atoms with Gasteiger partial charge in [0.15, 0.2) is 0 Å². The lowest BCUT2D eigenvalue weighted by atomic mass is 10.0. The van der Waals surface area contributed by atoms with Gasteiger partial charge in [0.25, 0.3) is 5.69 Å². The first-order valence-corrected chi connectivity index (χ1v) is 6.39. The number of β-amino-alcohol motifs (C(OH)–C–C–N with tert-alkyl or cyclic N) is 1. The molecule has 1 aliphatic rings. The van der Waals surface area contributed by atoms with Crippen molar-refractivity contribution in [1.29, 1.82) is 5.26 Å². The van der Waals surface area contributed by atoms with E-state index in [9.17, 15) is 15.2 Å². The minimum atomic E-state index is -0.456. The molecule has 1 fully saturated rings. The van der Waals surface area contributed by atoms with E-state index in [1.807, 2.05) is 11.0 Å². The molecule has 1 aliphatic heterocycles. The summed E-state index contributed by atoms with van der Waals surface area (Å²) < 4.78 is 0. The zero-order valence-electron chi connectivity index (χ0n) is 10.9. The minimum absolute atomic E-state index is 0.0173. The van der Waals surface area contributed by atoms with Crippen LogP contribution in [0.1, 0.15) is 18.4 Å². The molecule has 1 aromatic carbocycles. The SMILES string of the molecule is N#C/C=C(\c1ccc([N+](=O)[O-])cc1)N1CCCC(O)C1. The van der Waals surface area contributed by atoms with Crippen LogP contribution in [-0.2, 0) is 0 Å². The maximum Gasteiger partial charge on any atom is 0.269 e. The molecular formula is C14H15N3O3. The molecule has 0 saturated carbocycles. The van der Waals surface area contributed by atoms with Crippen molar-refractivity contribution in [1.82, 2.24) is 4.90 Å². The number of non-ortho nitro benzene ring substituents is 1. The van der Waals surface area contributed by atoms with Gasteiger partial charge in [0, 0.05) is 31.3 Å². The Balaban J connectivity index is 2.27. The van der Waals surface area contributed by atoms with Gasteiger partial charge >= 0.3 is 0 Å². The van der Waals surface area contributed by atoms with Crippen LogP contribution in [0.15, 0.2) is 30.3 Å². The number of nitro groups is 1. The molecule has 0 spiro atoms. The molecule has 1 unspecified atom stereocenters. The van der Waals surface area contributed by atoms with Crippen molar-refractivity contribution in [3.8, 4) is 6.07 Å². The van der Waals surface area contributed by atoms with Crippen LogP contribution in [0.3, 0.4) is 0 Å². The van der Waals surface area contributed by atoms with Gasteiger partial charge in [0.1, 0.15) is 0 Å². The van der Waals surface area contributed by atoms with E-state index in [4.69, 9.17) is 5.26 Å². The summed E-state index contributed by atoms with van der Waals surface area (Å²) in [7, 11) is 0. The van der Waals surface area contributed by atoms with Gasteiger partial charge in [0.05, 0.1) is 22.8 Å². The van der Waals surface area contributed by atoms with Crippen molar-refractivity contribution in [3.63, 3.8) is 0 Å². The number of nitriles is 1. The predicted octanol–water partition coefficient (Wildman–Crippen LogP) is 1.92. The van der Waals surface area contributed by atoms with Crippen molar-refractivity contribution in [2.75, 3.05) is 13.1 Å². The smallest absolute Gasteiger partial charge is 0.269 e. The van der Waals surface area contributed by atoms with Crippen LogP contribution in [0.5, 0.6) is 0 Å². The third kappa shape index (κ3) is 3.13. The van der Waals surface area contributed by atoms with Crippen molar-refractivity contribution in [3.05, 3.63) is 46.0 Å². The van der Waals surface area contributed by atoms with E-state index < -0.39 is 11.0 Å². The molecule has 0 amide bonds. The van der Waals surface area contributed by atoms with Gasteiger partial charge in [-0.2, -0.15) is 5.26 Å². The maximum absolute atomic E-state index is 10.6. The highest BCUT2D eigenvalue weighted by atomic mass is 16.6. The zero-order chi connectivity index (χ0) is 14.5. The van der Waals surface area contributed by atoms with E-state index in [0.29, 0.717) is 12.2 Å². The molecule has 104 valence electrons. The lowest BCUT2D eigenvalue weighted by Gasteiger charge is -2.33. The number of aliphatic hydroxyl groups excluding tert-OH is 1. The van der Waals surface area contributed by atoms with Crippen LogP contribution in [0.4, 0.5) is 5.69 Å². The number of nitro benzene ring substituents is 1. The van der Waals surface area contributed by atoms with E-state index in [1.54, 1.807) is 12.1 Å². The number of likely N-dealkylation sites (tertiary alicyclic amines) is 1. The summed E-state index contributed by atoms with van der Waals surface area (Å²) >= 11 is 0. The molecule has 1 heterocycles. The molecule has 1 atom stereocenters. The Bertz CT molecular complexity index is 560.